The van der Waals surface area contributed by atoms with Crippen LogP contribution in [0, 0.1) is 0 Å². The molecular formula is C8H17F3N2O2S. The van der Waals surface area contributed by atoms with Crippen molar-refractivity contribution in [2.75, 3.05) is 18.8 Å². The first-order valence-electron chi connectivity index (χ1n) is 5.01. The van der Waals surface area contributed by atoms with Crippen LogP contribution in [0.5, 0.6) is 0 Å². The van der Waals surface area contributed by atoms with Crippen LogP contribution in [0.25, 0.3) is 0 Å². The van der Waals surface area contributed by atoms with Crippen LogP contribution in [0.15, 0.2) is 0 Å². The van der Waals surface area contributed by atoms with Gasteiger partial charge in [-0.2, -0.15) is 13.2 Å². The van der Waals surface area contributed by atoms with Gasteiger partial charge in [0.1, 0.15) is 0 Å². The van der Waals surface area contributed by atoms with Crippen molar-refractivity contribution in [1.29, 1.82) is 0 Å². The standard InChI is InChI=1S/C8H17F3N2O2S/c9-8(10,11)4-3-7-16(14,15)13-6-2-1-5-12/h13H,1-7,12H2. The summed E-state index contributed by atoms with van der Waals surface area (Å²) in [4.78, 5) is 0. The molecule has 0 heterocycles. The second kappa shape index (κ2) is 7.08. The predicted molar refractivity (Wildman–Crippen MR) is 55.4 cm³/mol. The van der Waals surface area contributed by atoms with E-state index in [-0.39, 0.29) is 6.54 Å². The molecule has 0 rings (SSSR count). The molecule has 4 nitrogen and oxygen atoms in total. The minimum Gasteiger partial charge on any atom is -0.330 e. The Morgan fingerprint density at radius 1 is 1.12 bits per heavy atom. The highest BCUT2D eigenvalue weighted by Gasteiger charge is 2.27. The Kier molecular flexibility index (Phi) is 6.93. The number of nitrogens with two attached hydrogens (primary N) is 1. The summed E-state index contributed by atoms with van der Waals surface area (Å²) in [5.74, 6) is -0.491. The number of sulfonamides is 1. The summed E-state index contributed by atoms with van der Waals surface area (Å²) in [5, 5.41) is 0. The molecule has 0 aliphatic heterocycles. The van der Waals surface area contributed by atoms with Crippen LogP contribution in [-0.4, -0.2) is 33.4 Å². The van der Waals surface area contributed by atoms with E-state index in [0.717, 1.165) is 0 Å². The molecule has 0 aromatic heterocycles. The number of hydrogen-bond donors (Lipinski definition) is 2. The number of nitrogens with one attached hydrogen (secondary N) is 1. The van der Waals surface area contributed by atoms with Gasteiger partial charge in [0.2, 0.25) is 10.0 Å². The molecule has 98 valence electrons. The summed E-state index contributed by atoms with van der Waals surface area (Å²) in [6.07, 6.45) is -4.50. The molecule has 0 saturated heterocycles. The lowest BCUT2D eigenvalue weighted by atomic mass is 10.3. The summed E-state index contributed by atoms with van der Waals surface area (Å²) in [7, 11) is -3.58. The second-order valence-electron chi connectivity index (χ2n) is 3.43. The Morgan fingerprint density at radius 2 is 1.75 bits per heavy atom. The number of alkyl halides is 3. The zero-order valence-electron chi connectivity index (χ0n) is 8.89. The van der Waals surface area contributed by atoms with Gasteiger partial charge in [0.25, 0.3) is 0 Å². The van der Waals surface area contributed by atoms with Gasteiger partial charge in [0.05, 0.1) is 5.75 Å². The van der Waals surface area contributed by atoms with Crippen LogP contribution >= 0.6 is 0 Å². The maximum absolute atomic E-state index is 11.8. The van der Waals surface area contributed by atoms with Gasteiger partial charge in [-0.05, 0) is 25.8 Å². The molecule has 0 radical (unpaired) electrons. The van der Waals surface area contributed by atoms with E-state index in [4.69, 9.17) is 5.73 Å². The zero-order valence-corrected chi connectivity index (χ0v) is 9.70. The van der Waals surface area contributed by atoms with Gasteiger partial charge in [-0.25, -0.2) is 13.1 Å². The highest BCUT2D eigenvalue weighted by molar-refractivity contribution is 7.89. The van der Waals surface area contributed by atoms with E-state index in [1.165, 1.54) is 0 Å². The smallest absolute Gasteiger partial charge is 0.330 e. The maximum atomic E-state index is 11.8. The van der Waals surface area contributed by atoms with Crippen LogP contribution in [-0.2, 0) is 10.0 Å². The van der Waals surface area contributed by atoms with Crippen LogP contribution in [0.3, 0.4) is 0 Å². The van der Waals surface area contributed by atoms with Crippen molar-refractivity contribution in [3.8, 4) is 0 Å². The van der Waals surface area contributed by atoms with Gasteiger partial charge in [0, 0.05) is 13.0 Å². The van der Waals surface area contributed by atoms with Crippen molar-refractivity contribution >= 4 is 10.0 Å². The molecule has 0 bridgehead atoms. The second-order valence-corrected chi connectivity index (χ2v) is 5.35. The molecule has 0 spiro atoms. The SMILES string of the molecule is NCCCCNS(=O)(=O)CCCC(F)(F)F. The third-order valence-corrected chi connectivity index (χ3v) is 3.30. The number of halogens is 3. The number of hydrogen-bond acceptors (Lipinski definition) is 3. The fourth-order valence-electron chi connectivity index (χ4n) is 1.03. The lowest BCUT2D eigenvalue weighted by molar-refractivity contribution is -0.134. The van der Waals surface area contributed by atoms with E-state index in [2.05, 4.69) is 4.72 Å². The van der Waals surface area contributed by atoms with Gasteiger partial charge in [-0.1, -0.05) is 0 Å². The molecule has 0 aliphatic carbocycles. The molecule has 0 unspecified atom stereocenters. The van der Waals surface area contributed by atoms with Crippen LogP contribution in [0.4, 0.5) is 13.2 Å². The average molecular weight is 262 g/mol. The average Bonchev–Trinajstić information content (AvgIpc) is 2.10. The fourth-order valence-corrected chi connectivity index (χ4v) is 2.16. The van der Waals surface area contributed by atoms with E-state index >= 15 is 0 Å². The van der Waals surface area contributed by atoms with Crippen LogP contribution in [0.1, 0.15) is 25.7 Å². The molecule has 0 atom stereocenters. The van der Waals surface area contributed by atoms with E-state index in [0.29, 0.717) is 19.4 Å². The fraction of sp³-hybridized carbons (Fsp3) is 1.00. The van der Waals surface area contributed by atoms with E-state index < -0.39 is 34.8 Å². The minimum atomic E-state index is -4.30. The van der Waals surface area contributed by atoms with Crippen LogP contribution in [0.2, 0.25) is 0 Å². The largest absolute Gasteiger partial charge is 0.389 e. The van der Waals surface area contributed by atoms with Gasteiger partial charge < -0.3 is 5.73 Å². The summed E-state index contributed by atoms with van der Waals surface area (Å²) in [6, 6.07) is 0. The molecule has 8 heteroatoms. The molecular weight excluding hydrogens is 245 g/mol. The Morgan fingerprint density at radius 3 is 2.25 bits per heavy atom. The predicted octanol–water partition coefficient (Wildman–Crippen LogP) is 0.987. The quantitative estimate of drug-likeness (QED) is 0.641. The highest BCUT2D eigenvalue weighted by atomic mass is 32.2. The van der Waals surface area contributed by atoms with Gasteiger partial charge in [0.15, 0.2) is 0 Å². The monoisotopic (exact) mass is 262 g/mol. The van der Waals surface area contributed by atoms with Gasteiger partial charge >= 0.3 is 6.18 Å². The van der Waals surface area contributed by atoms with Gasteiger partial charge in [-0.15, -0.1) is 0 Å². The normalized spacial score (nSPS) is 13.0. The minimum absolute atomic E-state index is 0.228. The molecule has 0 aliphatic rings. The van der Waals surface area contributed by atoms with Crippen molar-refractivity contribution in [3.63, 3.8) is 0 Å². The molecule has 0 saturated carbocycles. The van der Waals surface area contributed by atoms with Crippen molar-refractivity contribution in [1.82, 2.24) is 4.72 Å². The molecule has 16 heavy (non-hydrogen) atoms. The topological polar surface area (TPSA) is 72.2 Å². The Bertz CT molecular complexity index is 277. The maximum Gasteiger partial charge on any atom is 0.389 e. The first-order valence-corrected chi connectivity index (χ1v) is 6.66. The first-order chi connectivity index (χ1) is 7.27. The number of rotatable bonds is 8. The lowest BCUT2D eigenvalue weighted by Crippen LogP contribution is -2.28. The van der Waals surface area contributed by atoms with Crippen molar-refractivity contribution in [3.05, 3.63) is 0 Å². The highest BCUT2D eigenvalue weighted by Crippen LogP contribution is 2.21. The Balaban J connectivity index is 3.71. The number of unbranched alkanes of at least 4 members (excludes halogenated alkanes) is 1. The Labute approximate surface area is 93.4 Å². The first kappa shape index (κ1) is 15.7. The third kappa shape index (κ3) is 10.2. The van der Waals surface area contributed by atoms with Crippen molar-refractivity contribution in [2.45, 2.75) is 31.9 Å². The summed E-state index contributed by atoms with van der Waals surface area (Å²) >= 11 is 0. The summed E-state index contributed by atoms with van der Waals surface area (Å²) in [6.45, 7) is 0.696. The van der Waals surface area contributed by atoms with Crippen molar-refractivity contribution in [2.24, 2.45) is 5.73 Å². The van der Waals surface area contributed by atoms with Crippen molar-refractivity contribution < 1.29 is 21.6 Å². The zero-order chi connectivity index (χ0) is 12.7. The molecule has 0 aromatic carbocycles. The summed E-state index contributed by atoms with van der Waals surface area (Å²) < 4.78 is 59.8. The van der Waals surface area contributed by atoms with E-state index in [1.54, 1.807) is 0 Å². The van der Waals surface area contributed by atoms with Gasteiger partial charge in [-0.3, -0.25) is 0 Å². The molecule has 0 aromatic rings. The van der Waals surface area contributed by atoms with Crippen LogP contribution < -0.4 is 10.5 Å². The Hall–Kier alpha value is -0.340. The van der Waals surface area contributed by atoms with E-state index in [1.807, 2.05) is 0 Å². The lowest BCUT2D eigenvalue weighted by Gasteiger charge is -2.07. The summed E-state index contributed by atoms with van der Waals surface area (Å²) in [5.41, 5.74) is 5.20. The third-order valence-electron chi connectivity index (χ3n) is 1.83. The van der Waals surface area contributed by atoms with E-state index in [9.17, 15) is 21.6 Å². The molecule has 0 amide bonds. The molecule has 0 fully saturated rings. The molecule has 3 N–H and O–H groups in total.